The van der Waals surface area contributed by atoms with Crippen LogP contribution in [0.4, 0.5) is 0 Å². The Morgan fingerprint density at radius 2 is 2.17 bits per heavy atom. The zero-order chi connectivity index (χ0) is 13.2. The fourth-order valence-corrected chi connectivity index (χ4v) is 2.69. The van der Waals surface area contributed by atoms with Crippen LogP contribution in [0.5, 0.6) is 0 Å². The molecule has 1 unspecified atom stereocenters. The number of rotatable bonds is 3. The lowest BCUT2D eigenvalue weighted by Gasteiger charge is -2.34. The van der Waals surface area contributed by atoms with Crippen LogP contribution in [-0.2, 0) is 16.1 Å². The van der Waals surface area contributed by atoms with E-state index in [0.717, 1.165) is 19.5 Å². The maximum atomic E-state index is 11.8. The summed E-state index contributed by atoms with van der Waals surface area (Å²) in [7, 11) is 1.46. The van der Waals surface area contributed by atoms with Crippen molar-refractivity contribution < 1.29 is 9.53 Å². The first-order valence-corrected chi connectivity index (χ1v) is 6.27. The van der Waals surface area contributed by atoms with E-state index in [1.807, 2.05) is 12.1 Å². The highest BCUT2D eigenvalue weighted by atomic mass is 16.5. The average molecular weight is 248 g/mol. The number of methoxy groups -OCH3 is 1. The van der Waals surface area contributed by atoms with E-state index in [4.69, 9.17) is 4.74 Å². The molecule has 0 N–H and O–H groups in total. The quantitative estimate of drug-likeness (QED) is 0.766. The molecule has 1 aromatic rings. The van der Waals surface area contributed by atoms with Crippen LogP contribution in [0, 0.1) is 5.92 Å². The first-order valence-electron chi connectivity index (χ1n) is 6.27. The van der Waals surface area contributed by atoms with Gasteiger partial charge in [-0.3, -0.25) is 14.7 Å². The smallest absolute Gasteiger partial charge is 0.310 e. The van der Waals surface area contributed by atoms with E-state index in [1.54, 1.807) is 12.4 Å². The van der Waals surface area contributed by atoms with E-state index >= 15 is 0 Å². The van der Waals surface area contributed by atoms with E-state index in [1.165, 1.54) is 12.7 Å². The number of carbonyl (C=O) groups is 1. The highest BCUT2D eigenvalue weighted by Gasteiger charge is 2.45. The van der Waals surface area contributed by atoms with Crippen molar-refractivity contribution in [3.8, 4) is 0 Å². The Hall–Kier alpha value is -1.42. The summed E-state index contributed by atoms with van der Waals surface area (Å²) in [4.78, 5) is 18.1. The van der Waals surface area contributed by atoms with E-state index in [9.17, 15) is 4.79 Å². The minimum Gasteiger partial charge on any atom is -0.469 e. The number of pyridine rings is 1. The summed E-state index contributed by atoms with van der Waals surface area (Å²) in [5, 5.41) is 0. The van der Waals surface area contributed by atoms with Crippen molar-refractivity contribution in [1.29, 1.82) is 0 Å². The van der Waals surface area contributed by atoms with Crippen LogP contribution in [0.15, 0.2) is 24.5 Å². The zero-order valence-corrected chi connectivity index (χ0v) is 11.2. The minimum absolute atomic E-state index is 0.0377. The average Bonchev–Trinajstić information content (AvgIpc) is 2.65. The Morgan fingerprint density at radius 3 is 2.78 bits per heavy atom. The minimum atomic E-state index is -0.156. The molecule has 0 aliphatic carbocycles. The number of aromatic nitrogens is 1. The molecule has 0 bridgehead atoms. The number of esters is 1. The van der Waals surface area contributed by atoms with Crippen molar-refractivity contribution in [3.05, 3.63) is 30.1 Å². The van der Waals surface area contributed by atoms with Crippen LogP contribution in [0.25, 0.3) is 0 Å². The molecule has 2 rings (SSSR count). The highest BCUT2D eigenvalue weighted by molar-refractivity contribution is 5.74. The summed E-state index contributed by atoms with van der Waals surface area (Å²) in [6.45, 7) is 6.00. The molecule has 4 nitrogen and oxygen atoms in total. The third-order valence-corrected chi connectivity index (χ3v) is 3.96. The number of hydrogen-bond acceptors (Lipinski definition) is 4. The zero-order valence-electron chi connectivity index (χ0n) is 11.2. The predicted molar refractivity (Wildman–Crippen MR) is 68.8 cm³/mol. The maximum Gasteiger partial charge on any atom is 0.310 e. The van der Waals surface area contributed by atoms with Crippen LogP contribution < -0.4 is 0 Å². The van der Waals surface area contributed by atoms with Crippen LogP contribution in [0.1, 0.15) is 25.8 Å². The Labute approximate surface area is 108 Å². The molecular weight excluding hydrogens is 228 g/mol. The molecule has 4 heteroatoms. The second-order valence-corrected chi connectivity index (χ2v) is 5.30. The van der Waals surface area contributed by atoms with E-state index in [0.29, 0.717) is 0 Å². The molecule has 0 aromatic carbocycles. The van der Waals surface area contributed by atoms with Gasteiger partial charge in [0.1, 0.15) is 0 Å². The molecule has 2 heterocycles. The normalized spacial score (nSPS) is 22.9. The lowest BCUT2D eigenvalue weighted by molar-refractivity contribution is -0.148. The highest BCUT2D eigenvalue weighted by Crippen LogP contribution is 2.36. The molecule has 0 spiro atoms. The Balaban J connectivity index is 2.10. The van der Waals surface area contributed by atoms with Gasteiger partial charge in [0.15, 0.2) is 0 Å². The van der Waals surface area contributed by atoms with Gasteiger partial charge in [-0.15, -0.1) is 0 Å². The predicted octanol–water partition coefficient (Wildman–Crippen LogP) is 1.86. The Morgan fingerprint density at radius 1 is 1.50 bits per heavy atom. The summed E-state index contributed by atoms with van der Waals surface area (Å²) in [5.74, 6) is -0.137. The Kier molecular flexibility index (Phi) is 3.66. The summed E-state index contributed by atoms with van der Waals surface area (Å²) in [6, 6.07) is 4.03. The maximum absolute atomic E-state index is 11.8. The standard InChI is InChI=1S/C14H20N2O2/c1-14(2)12(13(17)18-3)6-9-16(14)10-11-4-7-15-8-5-11/h4-5,7-8,12H,6,9-10H2,1-3H3. The third-order valence-electron chi connectivity index (χ3n) is 3.96. The van der Waals surface area contributed by atoms with Crippen LogP contribution in [-0.4, -0.2) is 35.0 Å². The third kappa shape index (κ3) is 2.38. The SMILES string of the molecule is COC(=O)C1CCN(Cc2ccncc2)C1(C)C. The molecule has 1 fully saturated rings. The fourth-order valence-electron chi connectivity index (χ4n) is 2.69. The van der Waals surface area contributed by atoms with Crippen LogP contribution in [0.3, 0.4) is 0 Å². The van der Waals surface area contributed by atoms with Crippen molar-refractivity contribution in [3.63, 3.8) is 0 Å². The number of likely N-dealkylation sites (tertiary alicyclic amines) is 1. The molecule has 18 heavy (non-hydrogen) atoms. The molecular formula is C14H20N2O2. The van der Waals surface area contributed by atoms with Gasteiger partial charge in [-0.05, 0) is 44.5 Å². The fraction of sp³-hybridized carbons (Fsp3) is 0.571. The van der Waals surface area contributed by atoms with Crippen molar-refractivity contribution in [1.82, 2.24) is 9.88 Å². The summed E-state index contributed by atoms with van der Waals surface area (Å²) in [5.41, 5.74) is 1.07. The molecule has 98 valence electrons. The van der Waals surface area contributed by atoms with Crippen molar-refractivity contribution in [2.75, 3.05) is 13.7 Å². The van der Waals surface area contributed by atoms with Crippen molar-refractivity contribution >= 4 is 5.97 Å². The molecule has 0 saturated carbocycles. The lowest BCUT2D eigenvalue weighted by atomic mass is 9.88. The van der Waals surface area contributed by atoms with Crippen molar-refractivity contribution in [2.24, 2.45) is 5.92 Å². The van der Waals surface area contributed by atoms with Crippen LogP contribution >= 0.6 is 0 Å². The van der Waals surface area contributed by atoms with Gasteiger partial charge in [-0.2, -0.15) is 0 Å². The Bertz CT molecular complexity index is 417. The van der Waals surface area contributed by atoms with E-state index < -0.39 is 0 Å². The van der Waals surface area contributed by atoms with E-state index in [2.05, 4.69) is 23.7 Å². The van der Waals surface area contributed by atoms with Crippen molar-refractivity contribution in [2.45, 2.75) is 32.4 Å². The van der Waals surface area contributed by atoms with Gasteiger partial charge in [0.25, 0.3) is 0 Å². The summed E-state index contributed by atoms with van der Waals surface area (Å²) >= 11 is 0. The monoisotopic (exact) mass is 248 g/mol. The first kappa shape index (κ1) is 13.0. The largest absolute Gasteiger partial charge is 0.469 e. The number of carbonyl (C=O) groups excluding carboxylic acids is 1. The molecule has 1 saturated heterocycles. The van der Waals surface area contributed by atoms with Gasteiger partial charge >= 0.3 is 5.97 Å². The molecule has 0 amide bonds. The van der Waals surface area contributed by atoms with Gasteiger partial charge in [0.05, 0.1) is 13.0 Å². The van der Waals surface area contributed by atoms with Crippen LogP contribution in [0.2, 0.25) is 0 Å². The van der Waals surface area contributed by atoms with Gasteiger partial charge in [-0.1, -0.05) is 0 Å². The van der Waals surface area contributed by atoms with Gasteiger partial charge in [0, 0.05) is 24.5 Å². The second kappa shape index (κ2) is 5.06. The topological polar surface area (TPSA) is 42.4 Å². The molecule has 1 atom stereocenters. The van der Waals surface area contributed by atoms with Gasteiger partial charge in [0.2, 0.25) is 0 Å². The molecule has 0 radical (unpaired) electrons. The number of nitrogens with zero attached hydrogens (tertiary/aromatic N) is 2. The second-order valence-electron chi connectivity index (χ2n) is 5.30. The van der Waals surface area contributed by atoms with Gasteiger partial charge < -0.3 is 4.74 Å². The number of hydrogen-bond donors (Lipinski definition) is 0. The lowest BCUT2D eigenvalue weighted by Crippen LogP contribution is -2.44. The summed E-state index contributed by atoms with van der Waals surface area (Å²) < 4.78 is 4.89. The summed E-state index contributed by atoms with van der Waals surface area (Å²) in [6.07, 6.45) is 4.47. The van der Waals surface area contributed by atoms with Gasteiger partial charge in [-0.25, -0.2) is 0 Å². The first-order chi connectivity index (χ1) is 8.55. The molecule has 1 aliphatic heterocycles. The van der Waals surface area contributed by atoms with E-state index in [-0.39, 0.29) is 17.4 Å². The molecule has 1 aliphatic rings. The number of ether oxygens (including phenoxy) is 1. The molecule has 1 aromatic heterocycles.